The number of carbonyl (C=O) groups excluding carboxylic acids is 1. The van der Waals surface area contributed by atoms with E-state index in [1.54, 1.807) is 7.11 Å². The first kappa shape index (κ1) is 25.2. The smallest absolute Gasteiger partial charge is 0.317 e. The molecule has 1 unspecified atom stereocenters. The number of ether oxygens (including phenoxy) is 1. The number of nitrogens with zero attached hydrogens (tertiary/aromatic N) is 1. The molecule has 33 heavy (non-hydrogen) atoms. The van der Waals surface area contributed by atoms with E-state index in [-0.39, 0.29) is 18.0 Å². The lowest BCUT2D eigenvalue weighted by Crippen LogP contribution is -2.54. The lowest BCUT2D eigenvalue weighted by molar-refractivity contribution is -0.0563. The van der Waals surface area contributed by atoms with Gasteiger partial charge in [-0.1, -0.05) is 60.7 Å². The Balaban J connectivity index is 1.67. The first-order chi connectivity index (χ1) is 16.1. The van der Waals surface area contributed by atoms with E-state index in [1.807, 2.05) is 53.4 Å². The maximum atomic E-state index is 13.1. The molecule has 1 aliphatic rings. The normalized spacial score (nSPS) is 19.0. The molecule has 0 bridgehead atoms. The van der Waals surface area contributed by atoms with Crippen molar-refractivity contribution in [1.82, 2.24) is 10.2 Å². The van der Waals surface area contributed by atoms with Crippen molar-refractivity contribution < 1.29 is 14.6 Å². The number of nitrogens with one attached hydrogen (secondary N) is 1. The average molecular weight is 454 g/mol. The highest BCUT2D eigenvalue weighted by Crippen LogP contribution is 2.39. The first-order valence-corrected chi connectivity index (χ1v) is 12.1. The van der Waals surface area contributed by atoms with Gasteiger partial charge in [-0.3, -0.25) is 0 Å². The number of rotatable bonds is 11. The minimum absolute atomic E-state index is 0.0209. The van der Waals surface area contributed by atoms with Crippen LogP contribution in [0.5, 0.6) is 0 Å². The molecule has 0 radical (unpaired) electrons. The first-order valence-electron chi connectivity index (χ1n) is 12.1. The van der Waals surface area contributed by atoms with Crippen LogP contribution in [0.3, 0.4) is 0 Å². The maximum Gasteiger partial charge on any atom is 0.317 e. The lowest BCUT2D eigenvalue weighted by atomic mass is 9.74. The van der Waals surface area contributed by atoms with Gasteiger partial charge in [0.15, 0.2) is 0 Å². The fraction of sp³-hybridized carbons (Fsp3) is 0.519. The van der Waals surface area contributed by atoms with Gasteiger partial charge in [0.25, 0.3) is 0 Å². The quantitative estimate of drug-likeness (QED) is 0.453. The van der Waals surface area contributed by atoms with Gasteiger partial charge in [0.05, 0.1) is 5.60 Å². The third-order valence-electron chi connectivity index (χ3n) is 6.75. The molecule has 3 rings (SSSR count). The number of methoxy groups -OCH3 is 1. The van der Waals surface area contributed by atoms with Gasteiger partial charge in [-0.25, -0.2) is 4.79 Å². The second kappa shape index (κ2) is 12.7. The summed E-state index contributed by atoms with van der Waals surface area (Å²) in [5.74, 6) is -0.0209. The van der Waals surface area contributed by atoms with Gasteiger partial charge >= 0.3 is 6.03 Å². The molecule has 1 heterocycles. The van der Waals surface area contributed by atoms with Crippen LogP contribution in [0.2, 0.25) is 0 Å². The Labute approximate surface area is 198 Å². The minimum Gasteiger partial charge on any atom is -0.385 e. The second-order valence-corrected chi connectivity index (χ2v) is 9.10. The number of unbranched alkanes of at least 4 members (excludes halogenated alkanes) is 1. The molecule has 2 aromatic carbocycles. The van der Waals surface area contributed by atoms with Crippen LogP contribution in [0.4, 0.5) is 4.79 Å². The van der Waals surface area contributed by atoms with Crippen molar-refractivity contribution >= 4 is 6.03 Å². The van der Waals surface area contributed by atoms with Crippen molar-refractivity contribution in [2.75, 3.05) is 33.4 Å². The molecular weight excluding hydrogens is 414 g/mol. The summed E-state index contributed by atoms with van der Waals surface area (Å²) in [5, 5.41) is 15.0. The molecule has 0 saturated carbocycles. The van der Waals surface area contributed by atoms with Gasteiger partial charge in [-0.05, 0) is 49.7 Å². The summed E-state index contributed by atoms with van der Waals surface area (Å²) in [6.45, 7) is 2.29. The Kier molecular flexibility index (Phi) is 9.73. The van der Waals surface area contributed by atoms with E-state index in [0.29, 0.717) is 39.1 Å². The summed E-state index contributed by atoms with van der Waals surface area (Å²) in [7, 11) is 1.70. The zero-order valence-corrected chi connectivity index (χ0v) is 19.8. The molecule has 6 heteroatoms. The van der Waals surface area contributed by atoms with Crippen LogP contribution in [-0.2, 0) is 16.8 Å². The molecule has 3 atom stereocenters. The number of urea groups is 1. The van der Waals surface area contributed by atoms with Crippen LogP contribution in [0.15, 0.2) is 60.7 Å². The summed E-state index contributed by atoms with van der Waals surface area (Å²) >= 11 is 0. The number of carbonyl (C=O) groups is 1. The molecule has 4 N–H and O–H groups in total. The summed E-state index contributed by atoms with van der Waals surface area (Å²) < 4.78 is 5.19. The predicted octanol–water partition coefficient (Wildman–Crippen LogP) is 3.68. The Bertz CT molecular complexity index is 833. The molecule has 1 aliphatic heterocycles. The van der Waals surface area contributed by atoms with Gasteiger partial charge in [0.1, 0.15) is 0 Å². The van der Waals surface area contributed by atoms with E-state index < -0.39 is 5.60 Å². The Morgan fingerprint density at radius 3 is 2.55 bits per heavy atom. The SMILES string of the molecule is COCCCC[C@@](O)(c1ccccc1)[C@@H]1CCCN(C(=O)NC(CN)Cc2ccccc2)C1. The molecule has 2 amide bonds. The van der Waals surface area contributed by atoms with Gasteiger partial charge in [0, 0.05) is 45.3 Å². The highest BCUT2D eigenvalue weighted by Gasteiger charge is 2.41. The number of aliphatic hydroxyl groups is 1. The summed E-state index contributed by atoms with van der Waals surface area (Å²) in [6.07, 6.45) is 4.89. The minimum atomic E-state index is -0.967. The summed E-state index contributed by atoms with van der Waals surface area (Å²) in [6, 6.07) is 19.8. The van der Waals surface area contributed by atoms with Crippen LogP contribution in [0.1, 0.15) is 43.2 Å². The number of likely N-dealkylation sites (tertiary alicyclic amines) is 1. The summed E-state index contributed by atoms with van der Waals surface area (Å²) in [5.41, 5.74) is 7.08. The highest BCUT2D eigenvalue weighted by atomic mass is 16.5. The number of benzene rings is 2. The summed E-state index contributed by atoms with van der Waals surface area (Å²) in [4.78, 5) is 15.0. The number of amides is 2. The molecule has 180 valence electrons. The van der Waals surface area contributed by atoms with E-state index >= 15 is 0 Å². The topological polar surface area (TPSA) is 87.8 Å². The van der Waals surface area contributed by atoms with Crippen molar-refractivity contribution in [3.63, 3.8) is 0 Å². The van der Waals surface area contributed by atoms with E-state index in [2.05, 4.69) is 17.4 Å². The second-order valence-electron chi connectivity index (χ2n) is 9.10. The maximum absolute atomic E-state index is 13.1. The van der Waals surface area contributed by atoms with Crippen LogP contribution >= 0.6 is 0 Å². The monoisotopic (exact) mass is 453 g/mol. The third-order valence-corrected chi connectivity index (χ3v) is 6.75. The third kappa shape index (κ3) is 7.03. The Morgan fingerprint density at radius 2 is 1.88 bits per heavy atom. The number of piperidine rings is 1. The highest BCUT2D eigenvalue weighted by molar-refractivity contribution is 5.74. The number of hydrogen-bond donors (Lipinski definition) is 3. The molecule has 2 aromatic rings. The fourth-order valence-corrected chi connectivity index (χ4v) is 4.86. The molecule has 1 saturated heterocycles. The molecule has 0 aliphatic carbocycles. The van der Waals surface area contributed by atoms with Gasteiger partial charge < -0.3 is 25.8 Å². The van der Waals surface area contributed by atoms with E-state index in [0.717, 1.165) is 36.8 Å². The predicted molar refractivity (Wildman–Crippen MR) is 132 cm³/mol. The van der Waals surface area contributed by atoms with Crippen LogP contribution in [0.25, 0.3) is 0 Å². The average Bonchev–Trinajstić information content (AvgIpc) is 2.87. The van der Waals surface area contributed by atoms with E-state index in [9.17, 15) is 9.90 Å². The molecular formula is C27H39N3O3. The van der Waals surface area contributed by atoms with Crippen LogP contribution in [0, 0.1) is 5.92 Å². The molecule has 1 fully saturated rings. The lowest BCUT2D eigenvalue weighted by Gasteiger charge is -2.43. The van der Waals surface area contributed by atoms with Crippen molar-refractivity contribution in [3.8, 4) is 0 Å². The zero-order chi connectivity index (χ0) is 23.5. The van der Waals surface area contributed by atoms with Gasteiger partial charge in [-0.15, -0.1) is 0 Å². The van der Waals surface area contributed by atoms with Crippen LogP contribution < -0.4 is 11.1 Å². The molecule has 0 aromatic heterocycles. The number of nitrogens with two attached hydrogens (primary N) is 1. The van der Waals surface area contributed by atoms with Crippen molar-refractivity contribution in [2.45, 2.75) is 50.2 Å². The molecule has 0 spiro atoms. The van der Waals surface area contributed by atoms with Crippen molar-refractivity contribution in [3.05, 3.63) is 71.8 Å². The zero-order valence-electron chi connectivity index (χ0n) is 19.8. The van der Waals surface area contributed by atoms with Crippen molar-refractivity contribution in [2.24, 2.45) is 11.7 Å². The largest absolute Gasteiger partial charge is 0.385 e. The standard InChI is InChI=1S/C27H39N3O3/c1-33-18-9-8-16-27(32,23-13-6-3-7-14-23)24-15-10-17-30(21-24)26(31)29-25(20-28)19-22-11-4-2-5-12-22/h2-7,11-14,24-25,32H,8-10,15-21,28H2,1H3,(H,29,31)/t24-,25?,27-/m1/s1. The molecule has 6 nitrogen and oxygen atoms in total. The number of hydrogen-bond acceptors (Lipinski definition) is 4. The Morgan fingerprint density at radius 1 is 1.18 bits per heavy atom. The van der Waals surface area contributed by atoms with E-state index in [4.69, 9.17) is 10.5 Å². The fourth-order valence-electron chi connectivity index (χ4n) is 4.86. The van der Waals surface area contributed by atoms with E-state index in [1.165, 1.54) is 0 Å². The van der Waals surface area contributed by atoms with Gasteiger partial charge in [0.2, 0.25) is 0 Å². The van der Waals surface area contributed by atoms with Crippen molar-refractivity contribution in [1.29, 1.82) is 0 Å². The Hall–Kier alpha value is -2.41. The van der Waals surface area contributed by atoms with Gasteiger partial charge in [-0.2, -0.15) is 0 Å². The van der Waals surface area contributed by atoms with Crippen LogP contribution in [-0.4, -0.2) is 55.4 Å².